The lowest BCUT2D eigenvalue weighted by Gasteiger charge is -2.11. The molecule has 3 N–H and O–H groups in total. The normalized spacial score (nSPS) is 11.5. The van der Waals surface area contributed by atoms with Gasteiger partial charge >= 0.3 is 6.03 Å². The Morgan fingerprint density at radius 1 is 0.960 bits per heavy atom. The lowest BCUT2D eigenvalue weighted by atomic mass is 10.1. The maximum Gasteiger partial charge on any atom is 0.315 e. The fourth-order valence-corrected chi connectivity index (χ4v) is 2.33. The first-order valence-corrected chi connectivity index (χ1v) is 8.03. The number of ether oxygens (including phenoxy) is 2. The number of carbonyl (C=O) groups excluding carboxylic acids is 1. The van der Waals surface area contributed by atoms with Crippen molar-refractivity contribution in [1.29, 1.82) is 0 Å². The monoisotopic (exact) mass is 344 g/mol. The fourth-order valence-electron chi connectivity index (χ4n) is 2.33. The molecule has 2 aromatic carbocycles. The van der Waals surface area contributed by atoms with Gasteiger partial charge in [0.05, 0.1) is 20.3 Å². The second-order valence-electron chi connectivity index (χ2n) is 5.64. The number of hydrogen-bond acceptors (Lipinski definition) is 4. The summed E-state index contributed by atoms with van der Waals surface area (Å²) < 4.78 is 10.4. The Balaban J connectivity index is 1.82. The molecular formula is C19H24N2O4. The van der Waals surface area contributed by atoms with E-state index >= 15 is 0 Å². The van der Waals surface area contributed by atoms with Crippen LogP contribution in [0.2, 0.25) is 0 Å². The van der Waals surface area contributed by atoms with Gasteiger partial charge in [-0.3, -0.25) is 0 Å². The van der Waals surface area contributed by atoms with E-state index in [1.807, 2.05) is 36.4 Å². The van der Waals surface area contributed by atoms with Crippen molar-refractivity contribution in [2.45, 2.75) is 26.1 Å². The summed E-state index contributed by atoms with van der Waals surface area (Å²) in [7, 11) is 3.15. The number of nitrogens with one attached hydrogen (secondary N) is 2. The van der Waals surface area contributed by atoms with Gasteiger partial charge in [-0.15, -0.1) is 0 Å². The molecule has 0 aromatic heterocycles. The second kappa shape index (κ2) is 8.94. The lowest BCUT2D eigenvalue weighted by molar-refractivity contribution is 0.199. The summed E-state index contributed by atoms with van der Waals surface area (Å²) in [4.78, 5) is 11.9. The van der Waals surface area contributed by atoms with E-state index in [-0.39, 0.29) is 6.03 Å². The smallest absolute Gasteiger partial charge is 0.315 e. The van der Waals surface area contributed by atoms with Gasteiger partial charge in [0.15, 0.2) is 11.5 Å². The topological polar surface area (TPSA) is 79.8 Å². The zero-order chi connectivity index (χ0) is 18.2. The second-order valence-corrected chi connectivity index (χ2v) is 5.64. The summed E-state index contributed by atoms with van der Waals surface area (Å²) >= 11 is 0. The molecule has 0 heterocycles. The maximum absolute atomic E-state index is 11.9. The molecule has 134 valence electrons. The number of rotatable bonds is 7. The van der Waals surface area contributed by atoms with Crippen LogP contribution in [0.25, 0.3) is 0 Å². The molecule has 2 rings (SSSR count). The van der Waals surface area contributed by atoms with Gasteiger partial charge in [-0.05, 0) is 35.7 Å². The minimum absolute atomic E-state index is 0.255. The highest BCUT2D eigenvalue weighted by Crippen LogP contribution is 2.27. The van der Waals surface area contributed by atoms with Crippen LogP contribution in [0, 0.1) is 0 Å². The average molecular weight is 344 g/mol. The minimum atomic E-state index is -0.494. The molecule has 0 unspecified atom stereocenters. The zero-order valence-electron chi connectivity index (χ0n) is 14.7. The van der Waals surface area contributed by atoms with Crippen molar-refractivity contribution in [3.63, 3.8) is 0 Å². The first-order chi connectivity index (χ1) is 12.0. The Kier molecular flexibility index (Phi) is 6.65. The first-order valence-electron chi connectivity index (χ1n) is 8.03. The van der Waals surface area contributed by atoms with Gasteiger partial charge in [0.25, 0.3) is 0 Å². The van der Waals surface area contributed by atoms with Crippen LogP contribution >= 0.6 is 0 Å². The summed E-state index contributed by atoms with van der Waals surface area (Å²) in [6.45, 7) is 2.51. The molecule has 2 aromatic rings. The molecule has 0 aliphatic heterocycles. The number of benzene rings is 2. The molecule has 0 aliphatic carbocycles. The van der Waals surface area contributed by atoms with Crippen molar-refractivity contribution in [3.05, 3.63) is 59.2 Å². The van der Waals surface area contributed by atoms with Gasteiger partial charge in [0, 0.05) is 13.1 Å². The Hall–Kier alpha value is -2.73. The number of urea groups is 1. The number of hydrogen-bond donors (Lipinski definition) is 3. The van der Waals surface area contributed by atoms with Crippen molar-refractivity contribution in [1.82, 2.24) is 10.6 Å². The highest BCUT2D eigenvalue weighted by molar-refractivity contribution is 5.73. The summed E-state index contributed by atoms with van der Waals surface area (Å²) in [5.74, 6) is 1.27. The average Bonchev–Trinajstić information content (AvgIpc) is 2.64. The molecule has 0 spiro atoms. The molecule has 6 nitrogen and oxygen atoms in total. The minimum Gasteiger partial charge on any atom is -0.493 e. The quantitative estimate of drug-likeness (QED) is 0.721. The number of aliphatic hydroxyl groups is 1. The lowest BCUT2D eigenvalue weighted by Crippen LogP contribution is -2.34. The number of aliphatic hydroxyl groups excluding tert-OH is 1. The highest BCUT2D eigenvalue weighted by Gasteiger charge is 2.06. The van der Waals surface area contributed by atoms with Crippen molar-refractivity contribution in [2.75, 3.05) is 14.2 Å². The first kappa shape index (κ1) is 18.6. The summed E-state index contributed by atoms with van der Waals surface area (Å²) in [6.07, 6.45) is -0.494. The highest BCUT2D eigenvalue weighted by atomic mass is 16.5. The number of carbonyl (C=O) groups is 1. The van der Waals surface area contributed by atoms with Crippen molar-refractivity contribution >= 4 is 6.03 Å². The molecule has 6 heteroatoms. The predicted octanol–water partition coefficient (Wildman–Crippen LogP) is 2.76. The molecule has 25 heavy (non-hydrogen) atoms. The standard InChI is InChI=1S/C19H24N2O4/c1-13(22)16-7-4-14(5-8-16)11-20-19(23)21-12-15-6-9-17(24-2)18(10-15)25-3/h4-10,13,22H,11-12H2,1-3H3,(H2,20,21,23)/t13-/m0/s1. The molecule has 0 aliphatic rings. The number of amides is 2. The van der Waals surface area contributed by atoms with E-state index in [0.717, 1.165) is 16.7 Å². The Morgan fingerprint density at radius 2 is 1.52 bits per heavy atom. The van der Waals surface area contributed by atoms with Crippen LogP contribution in [-0.4, -0.2) is 25.4 Å². The molecule has 0 fully saturated rings. The van der Waals surface area contributed by atoms with Crippen molar-refractivity contribution < 1.29 is 19.4 Å². The molecule has 0 radical (unpaired) electrons. The number of methoxy groups -OCH3 is 2. The van der Waals surface area contributed by atoms with E-state index in [9.17, 15) is 9.90 Å². The SMILES string of the molecule is COc1ccc(CNC(=O)NCc2ccc([C@H](C)O)cc2)cc1OC. The molecule has 0 bridgehead atoms. The van der Waals surface area contributed by atoms with E-state index in [2.05, 4.69) is 10.6 Å². The van der Waals surface area contributed by atoms with E-state index in [0.29, 0.717) is 24.6 Å². The van der Waals surface area contributed by atoms with Gasteiger partial charge in [-0.25, -0.2) is 4.79 Å². The molecule has 0 saturated carbocycles. The van der Waals surface area contributed by atoms with Crippen LogP contribution in [0.1, 0.15) is 29.7 Å². The summed E-state index contributed by atoms with van der Waals surface area (Å²) in [5, 5.41) is 15.1. The largest absolute Gasteiger partial charge is 0.493 e. The van der Waals surface area contributed by atoms with Crippen LogP contribution in [0.5, 0.6) is 11.5 Å². The third-order valence-electron chi connectivity index (χ3n) is 3.82. The van der Waals surface area contributed by atoms with Gasteiger partial charge in [-0.1, -0.05) is 30.3 Å². The summed E-state index contributed by atoms with van der Waals surface area (Å²) in [5.41, 5.74) is 2.72. The van der Waals surface area contributed by atoms with Gasteiger partial charge in [-0.2, -0.15) is 0 Å². The summed E-state index contributed by atoms with van der Waals surface area (Å²) in [6, 6.07) is 12.7. The fraction of sp³-hybridized carbons (Fsp3) is 0.316. The van der Waals surface area contributed by atoms with Gasteiger partial charge < -0.3 is 25.2 Å². The molecule has 1 atom stereocenters. The van der Waals surface area contributed by atoms with Crippen molar-refractivity contribution in [2.24, 2.45) is 0 Å². The van der Waals surface area contributed by atoms with E-state index in [1.54, 1.807) is 27.2 Å². The molecular weight excluding hydrogens is 320 g/mol. The predicted molar refractivity (Wildman–Crippen MR) is 95.7 cm³/mol. The van der Waals surface area contributed by atoms with Crippen LogP contribution in [0.3, 0.4) is 0 Å². The van der Waals surface area contributed by atoms with Crippen LogP contribution < -0.4 is 20.1 Å². The Morgan fingerprint density at radius 3 is 2.08 bits per heavy atom. The Bertz CT molecular complexity index is 699. The van der Waals surface area contributed by atoms with Crippen molar-refractivity contribution in [3.8, 4) is 11.5 Å². The third-order valence-corrected chi connectivity index (χ3v) is 3.82. The van der Waals surface area contributed by atoms with E-state index in [1.165, 1.54) is 0 Å². The third kappa shape index (κ3) is 5.39. The molecule has 2 amide bonds. The molecule has 0 saturated heterocycles. The van der Waals surface area contributed by atoms with Crippen LogP contribution in [-0.2, 0) is 13.1 Å². The zero-order valence-corrected chi connectivity index (χ0v) is 14.7. The van der Waals surface area contributed by atoms with E-state index < -0.39 is 6.10 Å². The van der Waals surface area contributed by atoms with Crippen LogP contribution in [0.4, 0.5) is 4.79 Å². The maximum atomic E-state index is 11.9. The van der Waals surface area contributed by atoms with Crippen LogP contribution in [0.15, 0.2) is 42.5 Å². The van der Waals surface area contributed by atoms with Gasteiger partial charge in [0.1, 0.15) is 0 Å². The van der Waals surface area contributed by atoms with E-state index in [4.69, 9.17) is 9.47 Å². The van der Waals surface area contributed by atoms with Gasteiger partial charge in [0.2, 0.25) is 0 Å². The Labute approximate surface area is 147 Å².